The molecule has 1 aromatic heterocycles. The zero-order valence-corrected chi connectivity index (χ0v) is 19.0. The fraction of sp³-hybridized carbons (Fsp3) is 0.444. The molecule has 4 rings (SSSR count). The van der Waals surface area contributed by atoms with Crippen LogP contribution < -0.4 is 10.2 Å². The highest BCUT2D eigenvalue weighted by Crippen LogP contribution is 2.36. The summed E-state index contributed by atoms with van der Waals surface area (Å²) in [5.41, 5.74) is 5.16. The largest absolute Gasteiger partial charge is 0.350 e. The van der Waals surface area contributed by atoms with Gasteiger partial charge in [-0.15, -0.1) is 0 Å². The van der Waals surface area contributed by atoms with E-state index in [0.29, 0.717) is 6.42 Å². The second kappa shape index (κ2) is 10.1. The Morgan fingerprint density at radius 3 is 2.55 bits per heavy atom. The quantitative estimate of drug-likeness (QED) is 0.548. The molecule has 1 aliphatic rings. The van der Waals surface area contributed by atoms with Crippen LogP contribution in [0.15, 0.2) is 54.7 Å². The SMILES string of the molecule is CCc1cccc2c([C@H](CC(=O)NCC[NH+]3CCCC3)c3ccccc3)cn(CC)c12. The van der Waals surface area contributed by atoms with Gasteiger partial charge in [0.05, 0.1) is 31.7 Å². The highest BCUT2D eigenvalue weighted by atomic mass is 16.1. The summed E-state index contributed by atoms with van der Waals surface area (Å²) < 4.78 is 2.36. The molecule has 1 amide bonds. The molecule has 0 bridgehead atoms. The van der Waals surface area contributed by atoms with Crippen LogP contribution in [0.5, 0.6) is 0 Å². The van der Waals surface area contributed by atoms with Crippen molar-refractivity contribution < 1.29 is 9.69 Å². The molecular formula is C27H36N3O+. The first-order chi connectivity index (χ1) is 15.2. The Bertz CT molecular complexity index is 1000. The molecule has 0 radical (unpaired) electrons. The summed E-state index contributed by atoms with van der Waals surface area (Å²) in [6.45, 7) is 9.65. The van der Waals surface area contributed by atoms with Crippen molar-refractivity contribution in [3.8, 4) is 0 Å². The number of aromatic nitrogens is 1. The predicted molar refractivity (Wildman–Crippen MR) is 128 cm³/mol. The van der Waals surface area contributed by atoms with Crippen LogP contribution in [-0.2, 0) is 17.8 Å². The monoisotopic (exact) mass is 418 g/mol. The second-order valence-corrected chi connectivity index (χ2v) is 8.76. The molecule has 1 aliphatic heterocycles. The van der Waals surface area contributed by atoms with Gasteiger partial charge in [0.25, 0.3) is 0 Å². The first-order valence-corrected chi connectivity index (χ1v) is 12.0. The van der Waals surface area contributed by atoms with E-state index in [1.165, 1.54) is 53.5 Å². The van der Waals surface area contributed by atoms with Crippen LogP contribution in [0, 0.1) is 0 Å². The van der Waals surface area contributed by atoms with Gasteiger partial charge in [0.2, 0.25) is 5.91 Å². The number of nitrogens with zero attached hydrogens (tertiary/aromatic N) is 1. The zero-order valence-electron chi connectivity index (χ0n) is 19.0. The van der Waals surface area contributed by atoms with E-state index in [1.54, 1.807) is 4.90 Å². The zero-order chi connectivity index (χ0) is 21.6. The summed E-state index contributed by atoms with van der Waals surface area (Å²) in [6, 6.07) is 17.1. The number of likely N-dealkylation sites (tertiary alicyclic amines) is 1. The van der Waals surface area contributed by atoms with Gasteiger partial charge in [0.1, 0.15) is 0 Å². The van der Waals surface area contributed by atoms with Crippen LogP contribution in [-0.4, -0.2) is 36.7 Å². The molecule has 1 saturated heterocycles. The lowest BCUT2D eigenvalue weighted by molar-refractivity contribution is -0.886. The highest BCUT2D eigenvalue weighted by Gasteiger charge is 2.23. The van der Waals surface area contributed by atoms with E-state index in [1.807, 2.05) is 6.07 Å². The molecule has 0 unspecified atom stereocenters. The van der Waals surface area contributed by atoms with Gasteiger partial charge in [0, 0.05) is 43.3 Å². The summed E-state index contributed by atoms with van der Waals surface area (Å²) in [5, 5.41) is 4.49. The Labute approximate surface area is 186 Å². The summed E-state index contributed by atoms with van der Waals surface area (Å²) >= 11 is 0. The van der Waals surface area contributed by atoms with E-state index in [0.717, 1.165) is 26.1 Å². The molecule has 31 heavy (non-hydrogen) atoms. The van der Waals surface area contributed by atoms with Crippen LogP contribution >= 0.6 is 0 Å². The second-order valence-electron chi connectivity index (χ2n) is 8.76. The van der Waals surface area contributed by atoms with E-state index in [9.17, 15) is 4.79 Å². The molecule has 3 aromatic rings. The molecule has 0 spiro atoms. The van der Waals surface area contributed by atoms with Crippen LogP contribution in [0.2, 0.25) is 0 Å². The third-order valence-corrected chi connectivity index (χ3v) is 6.81. The van der Waals surface area contributed by atoms with Gasteiger partial charge in [-0.1, -0.05) is 55.5 Å². The van der Waals surface area contributed by atoms with Gasteiger partial charge < -0.3 is 14.8 Å². The van der Waals surface area contributed by atoms with Crippen molar-refractivity contribution in [2.24, 2.45) is 0 Å². The van der Waals surface area contributed by atoms with Gasteiger partial charge in [-0.05, 0) is 30.0 Å². The van der Waals surface area contributed by atoms with Crippen LogP contribution in [0.4, 0.5) is 0 Å². The van der Waals surface area contributed by atoms with Gasteiger partial charge in [-0.3, -0.25) is 4.79 Å². The Morgan fingerprint density at radius 2 is 1.84 bits per heavy atom. The number of fused-ring (bicyclic) bond motifs is 1. The molecule has 0 aliphatic carbocycles. The maximum atomic E-state index is 13.0. The molecule has 2 N–H and O–H groups in total. The van der Waals surface area contributed by atoms with Gasteiger partial charge in [-0.2, -0.15) is 0 Å². The average Bonchev–Trinajstić information content (AvgIpc) is 3.46. The number of aryl methyl sites for hydroxylation is 2. The minimum Gasteiger partial charge on any atom is -0.350 e. The van der Waals surface area contributed by atoms with Gasteiger partial charge in [0.15, 0.2) is 0 Å². The van der Waals surface area contributed by atoms with Crippen LogP contribution in [0.25, 0.3) is 10.9 Å². The van der Waals surface area contributed by atoms with Crippen molar-refractivity contribution >= 4 is 16.8 Å². The van der Waals surface area contributed by atoms with Crippen molar-refractivity contribution in [3.05, 3.63) is 71.4 Å². The maximum Gasteiger partial charge on any atom is 0.221 e. The number of hydrogen-bond donors (Lipinski definition) is 2. The molecule has 4 nitrogen and oxygen atoms in total. The number of para-hydroxylation sites is 1. The minimum atomic E-state index is 0.0581. The Kier molecular flexibility index (Phi) is 7.08. The predicted octanol–water partition coefficient (Wildman–Crippen LogP) is 3.54. The van der Waals surface area contributed by atoms with Gasteiger partial charge >= 0.3 is 0 Å². The molecular weight excluding hydrogens is 382 g/mol. The highest BCUT2D eigenvalue weighted by molar-refractivity contribution is 5.89. The summed E-state index contributed by atoms with van der Waals surface area (Å²) in [6.07, 6.45) is 6.42. The smallest absolute Gasteiger partial charge is 0.221 e. The lowest BCUT2D eigenvalue weighted by Gasteiger charge is -2.18. The summed E-state index contributed by atoms with van der Waals surface area (Å²) in [7, 11) is 0. The number of benzene rings is 2. The normalized spacial score (nSPS) is 15.4. The molecule has 164 valence electrons. The van der Waals surface area contributed by atoms with E-state index in [2.05, 4.69) is 72.4 Å². The third-order valence-electron chi connectivity index (χ3n) is 6.81. The van der Waals surface area contributed by atoms with Gasteiger partial charge in [-0.25, -0.2) is 0 Å². The first-order valence-electron chi connectivity index (χ1n) is 12.0. The lowest BCUT2D eigenvalue weighted by atomic mass is 9.87. The van der Waals surface area contributed by atoms with E-state index < -0.39 is 0 Å². The van der Waals surface area contributed by atoms with Crippen molar-refractivity contribution in [2.45, 2.75) is 52.0 Å². The van der Waals surface area contributed by atoms with Crippen molar-refractivity contribution in [1.82, 2.24) is 9.88 Å². The maximum absolute atomic E-state index is 13.0. The van der Waals surface area contributed by atoms with E-state index >= 15 is 0 Å². The molecule has 1 fully saturated rings. The fourth-order valence-corrected chi connectivity index (χ4v) is 5.13. The fourth-order valence-electron chi connectivity index (χ4n) is 5.13. The number of nitrogens with one attached hydrogen (secondary N) is 2. The lowest BCUT2D eigenvalue weighted by Crippen LogP contribution is -3.10. The molecule has 1 atom stereocenters. The Hall–Kier alpha value is -2.59. The van der Waals surface area contributed by atoms with Crippen molar-refractivity contribution in [3.63, 3.8) is 0 Å². The molecule has 0 saturated carbocycles. The molecule has 2 heterocycles. The number of rotatable bonds is 9. The number of carbonyl (C=O) groups excluding carboxylic acids is 1. The molecule has 2 aromatic carbocycles. The van der Waals surface area contributed by atoms with Crippen molar-refractivity contribution in [1.29, 1.82) is 0 Å². The van der Waals surface area contributed by atoms with E-state index in [4.69, 9.17) is 0 Å². The van der Waals surface area contributed by atoms with Crippen LogP contribution in [0.3, 0.4) is 0 Å². The Balaban J connectivity index is 1.61. The third kappa shape index (κ3) is 4.85. The topological polar surface area (TPSA) is 38.5 Å². The van der Waals surface area contributed by atoms with E-state index in [-0.39, 0.29) is 11.8 Å². The molecule has 4 heteroatoms. The average molecular weight is 419 g/mol. The summed E-state index contributed by atoms with van der Waals surface area (Å²) in [5.74, 6) is 0.208. The number of carbonyl (C=O) groups is 1. The summed E-state index contributed by atoms with van der Waals surface area (Å²) in [4.78, 5) is 14.6. The first kappa shape index (κ1) is 21.6. The number of quaternary nitrogens is 1. The Morgan fingerprint density at radius 1 is 1.06 bits per heavy atom. The van der Waals surface area contributed by atoms with Crippen molar-refractivity contribution in [2.75, 3.05) is 26.2 Å². The minimum absolute atomic E-state index is 0.0581. The standard InChI is InChI=1S/C27H35N3O/c1-3-21-13-10-14-23-25(20-30(4-2)27(21)23)24(22-11-6-5-7-12-22)19-26(31)28-15-18-29-16-8-9-17-29/h5-7,10-14,20,24H,3-4,8-9,15-19H2,1-2H3,(H,28,31)/p+1/t24-/m1/s1. The number of amides is 1. The van der Waals surface area contributed by atoms with Crippen LogP contribution in [0.1, 0.15) is 55.7 Å². The number of hydrogen-bond acceptors (Lipinski definition) is 1.